The molecular weight excluding hydrogens is 290 g/mol. The maximum atomic E-state index is 12.2. The number of hydrogen-bond acceptors (Lipinski definition) is 3. The van der Waals surface area contributed by atoms with Crippen LogP contribution in [0.2, 0.25) is 0 Å². The number of nitrogens with one attached hydrogen (secondary N) is 1. The van der Waals surface area contributed by atoms with Gasteiger partial charge in [0, 0.05) is 31.6 Å². The van der Waals surface area contributed by atoms with Crippen LogP contribution in [-0.2, 0) is 17.6 Å². The van der Waals surface area contributed by atoms with Crippen molar-refractivity contribution in [1.29, 1.82) is 0 Å². The van der Waals surface area contributed by atoms with Crippen LogP contribution in [0.3, 0.4) is 0 Å². The van der Waals surface area contributed by atoms with Crippen LogP contribution in [0.1, 0.15) is 61.0 Å². The highest BCUT2D eigenvalue weighted by Crippen LogP contribution is 2.23. The second-order valence-corrected chi connectivity index (χ2v) is 7.17. The number of fused-ring (bicyclic) bond motifs is 1. The molecule has 23 heavy (non-hydrogen) atoms. The van der Waals surface area contributed by atoms with Crippen molar-refractivity contribution >= 4 is 11.7 Å². The first-order chi connectivity index (χ1) is 10.9. The predicted molar refractivity (Wildman–Crippen MR) is 90.5 cm³/mol. The maximum absolute atomic E-state index is 12.2. The minimum atomic E-state index is -0.131. The van der Waals surface area contributed by atoms with E-state index in [4.69, 9.17) is 5.11 Å². The maximum Gasteiger partial charge on any atom is 0.220 e. The zero-order valence-corrected chi connectivity index (χ0v) is 14.2. The second-order valence-electron chi connectivity index (χ2n) is 7.17. The fourth-order valence-electron chi connectivity index (χ4n) is 2.93. The van der Waals surface area contributed by atoms with E-state index < -0.39 is 0 Å². The van der Waals surface area contributed by atoms with Gasteiger partial charge in [0.05, 0.1) is 0 Å². The van der Waals surface area contributed by atoms with Gasteiger partial charge in [0.25, 0.3) is 0 Å². The predicted octanol–water partition coefficient (Wildman–Crippen LogP) is 2.66. The van der Waals surface area contributed by atoms with E-state index in [1.54, 1.807) is 0 Å². The van der Waals surface area contributed by atoms with Crippen LogP contribution >= 0.6 is 0 Å². The Balaban J connectivity index is 1.79. The third kappa shape index (κ3) is 5.17. The van der Waals surface area contributed by atoms with Crippen LogP contribution in [0.5, 0.6) is 0 Å². The van der Waals surface area contributed by atoms with Crippen LogP contribution in [0, 0.1) is 5.41 Å². The Bertz CT molecular complexity index is 578. The number of aliphatic hydroxyl groups is 1. The van der Waals surface area contributed by atoms with E-state index in [1.165, 1.54) is 17.5 Å². The first-order valence-electron chi connectivity index (χ1n) is 8.44. The highest BCUT2D eigenvalue weighted by Gasteiger charge is 2.19. The minimum absolute atomic E-state index is 0.0319. The van der Waals surface area contributed by atoms with E-state index in [2.05, 4.69) is 5.32 Å². The van der Waals surface area contributed by atoms with Crippen LogP contribution in [-0.4, -0.2) is 29.9 Å². The molecule has 126 valence electrons. The second kappa shape index (κ2) is 7.73. The normalized spacial score (nSPS) is 13.7. The summed E-state index contributed by atoms with van der Waals surface area (Å²) < 4.78 is 0. The first kappa shape index (κ1) is 17.7. The van der Waals surface area contributed by atoms with E-state index in [0.29, 0.717) is 13.0 Å². The molecule has 0 atom stereocenters. The molecule has 1 aromatic carbocycles. The highest BCUT2D eigenvalue weighted by molar-refractivity contribution is 5.98. The molecule has 4 nitrogen and oxygen atoms in total. The summed E-state index contributed by atoms with van der Waals surface area (Å²) in [6.45, 7) is 4.62. The molecular formula is C19H27NO3. The van der Waals surface area contributed by atoms with Gasteiger partial charge in [-0.2, -0.15) is 0 Å². The number of benzene rings is 1. The minimum Gasteiger partial charge on any atom is -0.396 e. The van der Waals surface area contributed by atoms with Crippen LogP contribution in [0.15, 0.2) is 18.2 Å². The molecule has 2 rings (SSSR count). The zero-order valence-electron chi connectivity index (χ0n) is 14.2. The summed E-state index contributed by atoms with van der Waals surface area (Å²) in [4.78, 5) is 24.1. The van der Waals surface area contributed by atoms with Crippen molar-refractivity contribution in [3.05, 3.63) is 34.9 Å². The molecule has 0 spiro atoms. The van der Waals surface area contributed by atoms with Gasteiger partial charge in [0.15, 0.2) is 5.78 Å². The first-order valence-corrected chi connectivity index (χ1v) is 8.44. The largest absolute Gasteiger partial charge is 0.396 e. The van der Waals surface area contributed by atoms with Crippen LogP contribution in [0.4, 0.5) is 0 Å². The lowest BCUT2D eigenvalue weighted by molar-refractivity contribution is -0.121. The molecule has 1 aliphatic carbocycles. The Morgan fingerprint density at radius 1 is 1.17 bits per heavy atom. The summed E-state index contributed by atoms with van der Waals surface area (Å²) in [7, 11) is 0. The number of carbonyl (C=O) groups excluding carboxylic acids is 2. The van der Waals surface area contributed by atoms with Crippen molar-refractivity contribution in [3.8, 4) is 0 Å². The number of carbonyl (C=O) groups is 2. The molecule has 0 aliphatic heterocycles. The lowest BCUT2D eigenvalue weighted by atomic mass is 9.89. The van der Waals surface area contributed by atoms with Crippen molar-refractivity contribution < 1.29 is 14.7 Å². The SMILES string of the molecule is CC(C)(CCO)CNC(=O)CCC(=O)c1ccc2c(c1)CCC2. The smallest absolute Gasteiger partial charge is 0.220 e. The summed E-state index contributed by atoms with van der Waals surface area (Å²) in [5.74, 6) is -0.0741. The van der Waals surface area contributed by atoms with E-state index in [1.807, 2.05) is 32.0 Å². The summed E-state index contributed by atoms with van der Waals surface area (Å²) in [5.41, 5.74) is 3.23. The summed E-state index contributed by atoms with van der Waals surface area (Å²) in [6, 6.07) is 5.93. The monoisotopic (exact) mass is 317 g/mol. The Morgan fingerprint density at radius 2 is 1.91 bits per heavy atom. The van der Waals surface area contributed by atoms with Crippen LogP contribution in [0.25, 0.3) is 0 Å². The van der Waals surface area contributed by atoms with E-state index in [9.17, 15) is 9.59 Å². The van der Waals surface area contributed by atoms with Gasteiger partial charge in [0.2, 0.25) is 5.91 Å². The summed E-state index contributed by atoms with van der Waals surface area (Å²) in [5, 5.41) is 11.8. The van der Waals surface area contributed by atoms with Crippen molar-refractivity contribution in [1.82, 2.24) is 5.32 Å². The molecule has 1 amide bonds. The third-order valence-corrected chi connectivity index (χ3v) is 4.55. The molecule has 1 aliphatic rings. The fraction of sp³-hybridized carbons (Fsp3) is 0.579. The Kier molecular flexibility index (Phi) is 5.94. The highest BCUT2D eigenvalue weighted by atomic mass is 16.3. The summed E-state index contributed by atoms with van der Waals surface area (Å²) >= 11 is 0. The number of ketones is 1. The van der Waals surface area contributed by atoms with Gasteiger partial charge in [-0.3, -0.25) is 9.59 Å². The van der Waals surface area contributed by atoms with E-state index >= 15 is 0 Å². The average Bonchev–Trinajstić information content (AvgIpc) is 2.98. The molecule has 1 aromatic rings. The molecule has 2 N–H and O–H groups in total. The Hall–Kier alpha value is -1.68. The Morgan fingerprint density at radius 3 is 2.65 bits per heavy atom. The van der Waals surface area contributed by atoms with Gasteiger partial charge in [-0.15, -0.1) is 0 Å². The number of Topliss-reactive ketones (excluding diaryl/α,β-unsaturated/α-hetero) is 1. The van der Waals surface area contributed by atoms with Gasteiger partial charge >= 0.3 is 0 Å². The molecule has 0 saturated carbocycles. The van der Waals surface area contributed by atoms with Crippen molar-refractivity contribution in [2.45, 2.75) is 52.4 Å². The number of hydrogen-bond donors (Lipinski definition) is 2. The lowest BCUT2D eigenvalue weighted by Crippen LogP contribution is -2.34. The molecule has 0 saturated heterocycles. The molecule has 0 radical (unpaired) electrons. The molecule has 0 fully saturated rings. The molecule has 0 bridgehead atoms. The molecule has 4 heteroatoms. The van der Waals surface area contributed by atoms with E-state index in [-0.39, 0.29) is 36.6 Å². The van der Waals surface area contributed by atoms with E-state index in [0.717, 1.165) is 18.4 Å². The number of aliphatic hydroxyl groups excluding tert-OH is 1. The van der Waals surface area contributed by atoms with Crippen molar-refractivity contribution in [3.63, 3.8) is 0 Å². The molecule has 0 heterocycles. The molecule has 0 unspecified atom stereocenters. The quantitative estimate of drug-likeness (QED) is 0.724. The number of rotatable bonds is 8. The fourth-order valence-corrected chi connectivity index (χ4v) is 2.93. The summed E-state index contributed by atoms with van der Waals surface area (Å²) in [6.07, 6.45) is 4.42. The number of aryl methyl sites for hydroxylation is 2. The topological polar surface area (TPSA) is 66.4 Å². The molecule has 0 aromatic heterocycles. The standard InChI is InChI=1S/C19H27NO3/c1-19(2,10-11-21)13-20-18(23)9-8-17(22)16-7-6-14-4-3-5-15(14)12-16/h6-7,12,21H,3-5,8-11,13H2,1-2H3,(H,20,23). The van der Waals surface area contributed by atoms with Crippen molar-refractivity contribution in [2.24, 2.45) is 5.41 Å². The van der Waals surface area contributed by atoms with Gasteiger partial charge in [0.1, 0.15) is 0 Å². The van der Waals surface area contributed by atoms with Gasteiger partial charge in [-0.25, -0.2) is 0 Å². The Labute approximate surface area is 138 Å². The third-order valence-electron chi connectivity index (χ3n) is 4.55. The van der Waals surface area contributed by atoms with Crippen molar-refractivity contribution in [2.75, 3.05) is 13.2 Å². The van der Waals surface area contributed by atoms with Gasteiger partial charge in [-0.05, 0) is 48.3 Å². The zero-order chi connectivity index (χ0) is 16.9. The lowest BCUT2D eigenvalue weighted by Gasteiger charge is -2.23. The van der Waals surface area contributed by atoms with Gasteiger partial charge < -0.3 is 10.4 Å². The van der Waals surface area contributed by atoms with Gasteiger partial charge in [-0.1, -0.05) is 26.0 Å². The average molecular weight is 317 g/mol. The number of amides is 1. The van der Waals surface area contributed by atoms with Crippen LogP contribution < -0.4 is 5.32 Å².